The summed E-state index contributed by atoms with van der Waals surface area (Å²) < 4.78 is 10.4. The topological polar surface area (TPSA) is 102 Å². The average Bonchev–Trinajstić information content (AvgIpc) is 3.01. The number of H-pyrrole nitrogens is 1. The van der Waals surface area contributed by atoms with Gasteiger partial charge < -0.3 is 14.6 Å². The molecule has 0 amide bonds. The van der Waals surface area contributed by atoms with Gasteiger partial charge >= 0.3 is 0 Å². The Bertz CT molecular complexity index is 447. The molecule has 8 nitrogen and oxygen atoms in total. The van der Waals surface area contributed by atoms with E-state index in [1.807, 2.05) is 0 Å². The molecule has 0 aliphatic carbocycles. The lowest BCUT2D eigenvalue weighted by atomic mass is 10.2. The van der Waals surface area contributed by atoms with Crippen LogP contribution in [0.15, 0.2) is 10.7 Å². The van der Waals surface area contributed by atoms with Crippen molar-refractivity contribution in [2.75, 3.05) is 19.8 Å². The van der Waals surface area contributed by atoms with Crippen LogP contribution in [0.2, 0.25) is 0 Å². The maximum absolute atomic E-state index is 5.32. The first-order chi connectivity index (χ1) is 7.93. The predicted molar refractivity (Wildman–Crippen MR) is 51.2 cm³/mol. The van der Waals surface area contributed by atoms with Crippen molar-refractivity contribution in [2.45, 2.75) is 6.04 Å². The maximum atomic E-state index is 5.32. The lowest BCUT2D eigenvalue weighted by Gasteiger charge is -2.20. The quantitative estimate of drug-likeness (QED) is 0.707. The molecule has 1 aliphatic heterocycles. The van der Waals surface area contributed by atoms with Crippen molar-refractivity contribution in [3.8, 4) is 11.6 Å². The minimum Gasteiger partial charge on any atom is -0.378 e. The number of nitrogens with zero attached hydrogens (tertiary/aromatic N) is 4. The van der Waals surface area contributed by atoms with E-state index in [1.165, 1.54) is 6.20 Å². The smallest absolute Gasteiger partial charge is 0.280 e. The van der Waals surface area contributed by atoms with Gasteiger partial charge in [-0.15, -0.1) is 0 Å². The van der Waals surface area contributed by atoms with Crippen LogP contribution in [0.4, 0.5) is 0 Å². The highest BCUT2D eigenvalue weighted by Gasteiger charge is 2.21. The summed E-state index contributed by atoms with van der Waals surface area (Å²) in [5, 5.41) is 17.2. The molecule has 1 fully saturated rings. The summed E-state index contributed by atoms with van der Waals surface area (Å²) in [5.41, 5.74) is 0.537. The minimum absolute atomic E-state index is 0.0156. The summed E-state index contributed by atoms with van der Waals surface area (Å²) in [6.07, 6.45) is 1.53. The van der Waals surface area contributed by atoms with Crippen LogP contribution in [-0.4, -0.2) is 45.3 Å². The van der Waals surface area contributed by atoms with Crippen molar-refractivity contribution < 1.29 is 9.26 Å². The second-order valence-corrected chi connectivity index (χ2v) is 3.39. The molecule has 2 aromatic heterocycles. The largest absolute Gasteiger partial charge is 0.378 e. The van der Waals surface area contributed by atoms with Crippen molar-refractivity contribution in [1.29, 1.82) is 0 Å². The van der Waals surface area contributed by atoms with Crippen molar-refractivity contribution in [2.24, 2.45) is 0 Å². The van der Waals surface area contributed by atoms with Gasteiger partial charge in [0, 0.05) is 6.54 Å². The third-order valence-electron chi connectivity index (χ3n) is 2.31. The molecule has 84 valence electrons. The van der Waals surface area contributed by atoms with Gasteiger partial charge in [-0.2, -0.15) is 20.4 Å². The van der Waals surface area contributed by atoms with Crippen LogP contribution in [0.1, 0.15) is 11.9 Å². The van der Waals surface area contributed by atoms with Gasteiger partial charge in [0.2, 0.25) is 0 Å². The third kappa shape index (κ3) is 1.68. The first kappa shape index (κ1) is 9.43. The molecule has 16 heavy (non-hydrogen) atoms. The van der Waals surface area contributed by atoms with Crippen molar-refractivity contribution >= 4 is 0 Å². The molecule has 1 saturated heterocycles. The summed E-state index contributed by atoms with van der Waals surface area (Å²) in [5.74, 6) is 0.939. The van der Waals surface area contributed by atoms with Crippen molar-refractivity contribution in [3.63, 3.8) is 0 Å². The number of rotatable bonds is 2. The molecule has 2 N–H and O–H groups in total. The predicted octanol–water partition coefficient (Wildman–Crippen LogP) is -0.484. The maximum Gasteiger partial charge on any atom is 0.280 e. The van der Waals surface area contributed by atoms with E-state index in [0.29, 0.717) is 30.6 Å². The number of aromatic amines is 1. The monoisotopic (exact) mass is 222 g/mol. The van der Waals surface area contributed by atoms with Crippen molar-refractivity contribution in [1.82, 2.24) is 30.9 Å². The van der Waals surface area contributed by atoms with E-state index in [1.54, 1.807) is 0 Å². The number of hydrogen-bond donors (Lipinski definition) is 2. The Hall–Kier alpha value is -1.80. The normalized spacial score (nSPS) is 21.1. The summed E-state index contributed by atoms with van der Waals surface area (Å²) in [7, 11) is 0. The Balaban J connectivity index is 1.82. The number of nitrogens with one attached hydrogen (secondary N) is 2. The van der Waals surface area contributed by atoms with Crippen LogP contribution in [0, 0.1) is 0 Å². The Morgan fingerprint density at radius 2 is 2.44 bits per heavy atom. The molecule has 0 bridgehead atoms. The molecular weight excluding hydrogens is 212 g/mol. The van der Waals surface area contributed by atoms with Gasteiger partial charge in [-0.1, -0.05) is 5.16 Å². The zero-order chi connectivity index (χ0) is 10.8. The fourth-order valence-electron chi connectivity index (χ4n) is 1.52. The van der Waals surface area contributed by atoms with Gasteiger partial charge in [0.1, 0.15) is 0 Å². The molecule has 1 atom stereocenters. The van der Waals surface area contributed by atoms with E-state index in [2.05, 4.69) is 30.9 Å². The van der Waals surface area contributed by atoms with Crippen LogP contribution in [0.25, 0.3) is 11.6 Å². The summed E-state index contributed by atoms with van der Waals surface area (Å²) in [4.78, 5) is 4.23. The molecule has 3 rings (SSSR count). The Morgan fingerprint density at radius 1 is 1.44 bits per heavy atom. The van der Waals surface area contributed by atoms with Crippen molar-refractivity contribution in [3.05, 3.63) is 12.0 Å². The van der Waals surface area contributed by atoms with Gasteiger partial charge in [-0.3, -0.25) is 0 Å². The van der Waals surface area contributed by atoms with Gasteiger partial charge in [0.25, 0.3) is 5.89 Å². The SMILES string of the molecule is c1n[nH]nc1-c1nc(C2COCCN2)no1. The standard InChI is InChI=1S/C8H10N6O2/c1-2-15-4-6(9-1)7-11-8(16-13-7)5-3-10-14-12-5/h3,6,9H,1-2,4H2,(H,10,12,14). The molecule has 0 radical (unpaired) electrons. The lowest BCUT2D eigenvalue weighted by Crippen LogP contribution is -2.35. The average molecular weight is 222 g/mol. The molecule has 1 aliphatic rings. The fraction of sp³-hybridized carbons (Fsp3) is 0.500. The third-order valence-corrected chi connectivity index (χ3v) is 2.31. The van der Waals surface area contributed by atoms with Crippen LogP contribution in [0.5, 0.6) is 0 Å². The zero-order valence-electron chi connectivity index (χ0n) is 8.38. The van der Waals surface area contributed by atoms with E-state index in [9.17, 15) is 0 Å². The fourth-order valence-corrected chi connectivity index (χ4v) is 1.52. The van der Waals surface area contributed by atoms with E-state index >= 15 is 0 Å². The molecule has 0 spiro atoms. The Labute approximate surface area is 90.4 Å². The molecule has 2 aromatic rings. The first-order valence-electron chi connectivity index (χ1n) is 4.94. The number of aromatic nitrogens is 5. The molecule has 0 saturated carbocycles. The molecule has 3 heterocycles. The number of ether oxygens (including phenoxy) is 1. The van der Waals surface area contributed by atoms with E-state index in [4.69, 9.17) is 9.26 Å². The molecule has 8 heteroatoms. The number of morpholine rings is 1. The van der Waals surface area contributed by atoms with Gasteiger partial charge in [0.05, 0.1) is 25.5 Å². The Kier molecular flexibility index (Phi) is 2.35. The highest BCUT2D eigenvalue weighted by atomic mass is 16.5. The summed E-state index contributed by atoms with van der Waals surface area (Å²) in [6, 6.07) is -0.0156. The van der Waals surface area contributed by atoms with Crippen LogP contribution < -0.4 is 5.32 Å². The van der Waals surface area contributed by atoms with Crippen LogP contribution in [-0.2, 0) is 4.74 Å². The number of hydrogen-bond acceptors (Lipinski definition) is 7. The van der Waals surface area contributed by atoms with Gasteiger partial charge in [-0.25, -0.2) is 0 Å². The molecule has 0 aromatic carbocycles. The lowest BCUT2D eigenvalue weighted by molar-refractivity contribution is 0.0734. The van der Waals surface area contributed by atoms with Gasteiger partial charge in [0.15, 0.2) is 11.5 Å². The van der Waals surface area contributed by atoms with E-state index in [-0.39, 0.29) is 6.04 Å². The highest BCUT2D eigenvalue weighted by molar-refractivity contribution is 5.42. The second-order valence-electron chi connectivity index (χ2n) is 3.39. The zero-order valence-corrected chi connectivity index (χ0v) is 8.38. The second kappa shape index (κ2) is 3.99. The molecule has 1 unspecified atom stereocenters. The van der Waals surface area contributed by atoms with E-state index < -0.39 is 0 Å². The minimum atomic E-state index is -0.0156. The van der Waals surface area contributed by atoms with Gasteiger partial charge in [-0.05, 0) is 0 Å². The van der Waals surface area contributed by atoms with E-state index in [0.717, 1.165) is 6.54 Å². The highest BCUT2D eigenvalue weighted by Crippen LogP contribution is 2.17. The summed E-state index contributed by atoms with van der Waals surface area (Å²) in [6.45, 7) is 2.06. The Morgan fingerprint density at radius 3 is 3.19 bits per heavy atom. The first-order valence-corrected chi connectivity index (χ1v) is 4.94. The molecular formula is C8H10N6O2. The van der Waals surface area contributed by atoms with Crippen LogP contribution in [0.3, 0.4) is 0 Å². The van der Waals surface area contributed by atoms with Crippen LogP contribution >= 0.6 is 0 Å². The summed E-state index contributed by atoms with van der Waals surface area (Å²) >= 11 is 0.